The molecule has 1 aliphatic rings. The first-order valence-corrected chi connectivity index (χ1v) is 12.2. The molecule has 1 aliphatic heterocycles. The fourth-order valence-corrected chi connectivity index (χ4v) is 6.24. The first-order chi connectivity index (χ1) is 14.2. The van der Waals surface area contributed by atoms with Gasteiger partial charge in [0.2, 0.25) is 10.0 Å². The van der Waals surface area contributed by atoms with Crippen LogP contribution in [0.15, 0.2) is 29.2 Å². The van der Waals surface area contributed by atoms with E-state index in [0.717, 1.165) is 12.8 Å². The molecule has 9 heteroatoms. The van der Waals surface area contributed by atoms with Crippen molar-refractivity contribution in [3.63, 3.8) is 0 Å². The molecule has 1 atom stereocenters. The Labute approximate surface area is 183 Å². The van der Waals surface area contributed by atoms with E-state index >= 15 is 0 Å². The fourth-order valence-electron chi connectivity index (χ4n) is 3.15. The third kappa shape index (κ3) is 6.14. The van der Waals surface area contributed by atoms with Gasteiger partial charge in [0.1, 0.15) is 18.4 Å². The van der Waals surface area contributed by atoms with Gasteiger partial charge in [-0.15, -0.1) is 0 Å². The largest absolute Gasteiger partial charge is 0.481 e. The van der Waals surface area contributed by atoms with Crippen LogP contribution in [0, 0.1) is 11.8 Å². The Morgan fingerprint density at radius 3 is 2.60 bits per heavy atom. The molecular formula is C21H29NO6S2. The zero-order chi connectivity index (χ0) is 22.2. The van der Waals surface area contributed by atoms with Crippen molar-refractivity contribution >= 4 is 27.8 Å². The molecule has 1 fully saturated rings. The van der Waals surface area contributed by atoms with Crippen molar-refractivity contribution in [2.24, 2.45) is 0 Å². The first kappa shape index (κ1) is 24.5. The quantitative estimate of drug-likeness (QED) is 0.365. The van der Waals surface area contributed by atoms with E-state index in [1.807, 2.05) is 13.8 Å². The Bertz CT molecular complexity index is 871. The predicted octanol–water partition coefficient (Wildman–Crippen LogP) is 2.29. The van der Waals surface area contributed by atoms with Crippen LogP contribution in [0.25, 0.3) is 0 Å². The van der Waals surface area contributed by atoms with Crippen molar-refractivity contribution in [1.29, 1.82) is 0 Å². The monoisotopic (exact) mass is 455 g/mol. The molecule has 166 valence electrons. The van der Waals surface area contributed by atoms with Gasteiger partial charge in [-0.05, 0) is 51.0 Å². The summed E-state index contributed by atoms with van der Waals surface area (Å²) in [6.45, 7) is 4.31. The molecule has 1 unspecified atom stereocenters. The minimum atomic E-state index is -3.88. The zero-order valence-corrected chi connectivity index (χ0v) is 19.2. The molecule has 1 N–H and O–H groups in total. The van der Waals surface area contributed by atoms with Crippen molar-refractivity contribution in [3.8, 4) is 17.6 Å². The summed E-state index contributed by atoms with van der Waals surface area (Å²) in [6.07, 6.45) is 2.27. The van der Waals surface area contributed by atoms with Crippen molar-refractivity contribution in [2.45, 2.75) is 48.8 Å². The molecule has 0 saturated carbocycles. The van der Waals surface area contributed by atoms with Gasteiger partial charge >= 0.3 is 5.97 Å². The number of nitrogens with zero attached hydrogens (tertiary/aromatic N) is 1. The summed E-state index contributed by atoms with van der Waals surface area (Å²) < 4.78 is 37.5. The second-order valence-corrected chi connectivity index (χ2v) is 10.9. The van der Waals surface area contributed by atoms with Gasteiger partial charge in [-0.25, -0.2) is 8.42 Å². The highest BCUT2D eigenvalue weighted by atomic mass is 32.2. The Hall–Kier alpha value is -1.73. The molecule has 1 aromatic carbocycles. The van der Waals surface area contributed by atoms with Crippen molar-refractivity contribution in [2.75, 3.05) is 32.6 Å². The van der Waals surface area contributed by atoms with Gasteiger partial charge in [0.05, 0.1) is 12.0 Å². The second-order valence-electron chi connectivity index (χ2n) is 7.29. The van der Waals surface area contributed by atoms with E-state index < -0.39 is 26.8 Å². The molecule has 1 aromatic rings. The van der Waals surface area contributed by atoms with Crippen LogP contribution in [-0.4, -0.2) is 67.2 Å². The van der Waals surface area contributed by atoms with Gasteiger partial charge in [0.15, 0.2) is 0 Å². The number of benzene rings is 1. The smallest absolute Gasteiger partial charge is 0.325 e. The highest BCUT2D eigenvalue weighted by Crippen LogP contribution is 2.38. The third-order valence-electron chi connectivity index (χ3n) is 4.73. The van der Waals surface area contributed by atoms with Crippen molar-refractivity contribution < 1.29 is 27.8 Å². The minimum absolute atomic E-state index is 0.0986. The lowest BCUT2D eigenvalue weighted by Gasteiger charge is -2.43. The topological polar surface area (TPSA) is 93.1 Å². The van der Waals surface area contributed by atoms with Crippen LogP contribution in [0.4, 0.5) is 0 Å². The number of ether oxygens (including phenoxy) is 2. The Morgan fingerprint density at radius 2 is 1.97 bits per heavy atom. The van der Waals surface area contributed by atoms with E-state index in [0.29, 0.717) is 17.9 Å². The molecule has 0 spiro atoms. The summed E-state index contributed by atoms with van der Waals surface area (Å²) in [5.74, 6) is 6.40. The predicted molar refractivity (Wildman–Crippen MR) is 117 cm³/mol. The number of rotatable bonds is 8. The molecule has 0 amide bonds. The molecule has 1 heterocycles. The van der Waals surface area contributed by atoms with E-state index in [1.54, 1.807) is 23.9 Å². The summed E-state index contributed by atoms with van der Waals surface area (Å²) >= 11 is 1.55. The van der Waals surface area contributed by atoms with E-state index in [-0.39, 0.29) is 24.7 Å². The first-order valence-electron chi connectivity index (χ1n) is 9.77. The minimum Gasteiger partial charge on any atom is -0.481 e. The summed E-state index contributed by atoms with van der Waals surface area (Å²) in [5, 5.41) is 8.72. The Kier molecular flexibility index (Phi) is 9.04. The maximum absolute atomic E-state index is 13.2. The Morgan fingerprint density at radius 1 is 1.27 bits per heavy atom. The molecule has 0 radical (unpaired) electrons. The number of aliphatic hydroxyl groups excluding tert-OH is 1. The van der Waals surface area contributed by atoms with Crippen LogP contribution in [0.5, 0.6) is 5.75 Å². The van der Waals surface area contributed by atoms with E-state index in [1.165, 1.54) is 23.5 Å². The molecule has 7 nitrogen and oxygen atoms in total. The molecule has 2 rings (SSSR count). The number of hydrogen-bond acceptors (Lipinski definition) is 7. The number of hydrogen-bond donors (Lipinski definition) is 1. The summed E-state index contributed by atoms with van der Waals surface area (Å²) in [6, 6.07) is 5.21. The van der Waals surface area contributed by atoms with Crippen LogP contribution in [0.2, 0.25) is 0 Å². The van der Waals surface area contributed by atoms with Gasteiger partial charge in [-0.3, -0.25) is 4.79 Å². The van der Waals surface area contributed by atoms with Crippen LogP contribution < -0.4 is 4.74 Å². The highest BCUT2D eigenvalue weighted by Gasteiger charge is 2.48. The number of unbranched alkanes of at least 4 members (excludes halogenated alkanes) is 2. The second kappa shape index (κ2) is 11.0. The lowest BCUT2D eigenvalue weighted by atomic mass is 10.0. The number of esters is 1. The van der Waals surface area contributed by atoms with Gasteiger partial charge in [0, 0.05) is 30.1 Å². The number of methoxy groups -OCH3 is 1. The zero-order valence-electron chi connectivity index (χ0n) is 17.6. The summed E-state index contributed by atoms with van der Waals surface area (Å²) in [4.78, 5) is 12.5. The lowest BCUT2D eigenvalue weighted by molar-refractivity contribution is -0.146. The third-order valence-corrected chi connectivity index (χ3v) is 7.97. The number of carbonyl (C=O) groups is 1. The van der Waals surface area contributed by atoms with Gasteiger partial charge in [0.25, 0.3) is 0 Å². The van der Waals surface area contributed by atoms with Crippen LogP contribution in [-0.2, 0) is 19.6 Å². The summed E-state index contributed by atoms with van der Waals surface area (Å²) in [7, 11) is -2.61. The molecular weight excluding hydrogens is 426 g/mol. The van der Waals surface area contributed by atoms with Gasteiger partial charge in [-0.1, -0.05) is 11.8 Å². The normalized spacial score (nSPS) is 18.9. The molecule has 1 saturated heterocycles. The van der Waals surface area contributed by atoms with Crippen molar-refractivity contribution in [1.82, 2.24) is 4.31 Å². The standard InChI is InChI=1S/C21H29NO6S2/c1-21(2)19(20(24)27-3)22(13-16-29-21)30(25,26)18-11-9-17(10-12-18)28-15-8-6-4-5-7-14-23/h9-12,19,23H,4-5,7,13-16H2,1-3H3. The van der Waals surface area contributed by atoms with E-state index in [9.17, 15) is 13.2 Å². The molecule has 0 aliphatic carbocycles. The average Bonchev–Trinajstić information content (AvgIpc) is 2.72. The fraction of sp³-hybridized carbons (Fsp3) is 0.571. The molecule has 0 bridgehead atoms. The van der Waals surface area contributed by atoms with Gasteiger partial charge < -0.3 is 14.6 Å². The van der Waals surface area contributed by atoms with E-state index in [4.69, 9.17) is 14.6 Å². The molecule has 30 heavy (non-hydrogen) atoms. The van der Waals surface area contributed by atoms with Crippen LogP contribution in [0.3, 0.4) is 0 Å². The van der Waals surface area contributed by atoms with Crippen LogP contribution in [0.1, 0.15) is 33.1 Å². The Balaban J connectivity index is 2.09. The number of carbonyl (C=O) groups excluding carboxylic acids is 1. The van der Waals surface area contributed by atoms with E-state index in [2.05, 4.69) is 11.8 Å². The summed E-state index contributed by atoms with van der Waals surface area (Å²) in [5.41, 5.74) is 0. The number of sulfonamides is 1. The SMILES string of the molecule is COC(=O)C1N(S(=O)(=O)c2ccc(OCC#CCCCCO)cc2)CCSC1(C)C. The maximum atomic E-state index is 13.2. The number of thioether (sulfide) groups is 1. The highest BCUT2D eigenvalue weighted by molar-refractivity contribution is 8.00. The maximum Gasteiger partial charge on any atom is 0.325 e. The van der Waals surface area contributed by atoms with Crippen molar-refractivity contribution in [3.05, 3.63) is 24.3 Å². The average molecular weight is 456 g/mol. The number of aliphatic hydroxyl groups is 1. The lowest BCUT2D eigenvalue weighted by Crippen LogP contribution is -2.58. The van der Waals surface area contributed by atoms with Crippen LogP contribution >= 0.6 is 11.8 Å². The molecule has 0 aromatic heterocycles. The van der Waals surface area contributed by atoms with Gasteiger partial charge in [-0.2, -0.15) is 16.1 Å².